The summed E-state index contributed by atoms with van der Waals surface area (Å²) in [5.41, 5.74) is 7.28. The molecule has 8 heteroatoms. The average Bonchev–Trinajstić information content (AvgIpc) is 3.26. The third-order valence-electron chi connectivity index (χ3n) is 4.90. The molecule has 3 aromatic carbocycles. The monoisotopic (exact) mass is 475 g/mol. The van der Waals surface area contributed by atoms with Crippen LogP contribution in [-0.2, 0) is 4.79 Å². The number of benzene rings is 3. The molecule has 0 bridgehead atoms. The molecule has 1 amide bonds. The predicted molar refractivity (Wildman–Crippen MR) is 134 cm³/mol. The van der Waals surface area contributed by atoms with Gasteiger partial charge in [0, 0.05) is 16.3 Å². The van der Waals surface area contributed by atoms with Gasteiger partial charge in [-0.25, -0.2) is 5.43 Å². The van der Waals surface area contributed by atoms with Gasteiger partial charge in [-0.2, -0.15) is 5.10 Å². The van der Waals surface area contributed by atoms with Crippen molar-refractivity contribution in [1.82, 2.24) is 20.2 Å². The van der Waals surface area contributed by atoms with Crippen LogP contribution in [0, 0.1) is 6.92 Å². The number of carbonyl (C=O) groups is 1. The Morgan fingerprint density at radius 2 is 1.70 bits per heavy atom. The van der Waals surface area contributed by atoms with Crippen molar-refractivity contribution in [3.63, 3.8) is 0 Å². The highest BCUT2D eigenvalue weighted by Crippen LogP contribution is 2.28. The van der Waals surface area contributed by atoms with Crippen molar-refractivity contribution in [3.8, 4) is 17.1 Å². The van der Waals surface area contributed by atoms with Gasteiger partial charge in [-0.05, 0) is 43.7 Å². The highest BCUT2D eigenvalue weighted by atomic mass is 35.5. The second-order valence-corrected chi connectivity index (χ2v) is 8.75. The Bertz CT molecular complexity index is 1270. The van der Waals surface area contributed by atoms with E-state index in [1.807, 2.05) is 97.3 Å². The van der Waals surface area contributed by atoms with Crippen LogP contribution in [0.4, 0.5) is 0 Å². The third-order valence-corrected chi connectivity index (χ3v) is 6.08. The van der Waals surface area contributed by atoms with Crippen LogP contribution in [0.15, 0.2) is 89.1 Å². The number of halogens is 1. The van der Waals surface area contributed by atoms with Crippen LogP contribution in [-0.4, -0.2) is 32.1 Å². The second-order valence-electron chi connectivity index (χ2n) is 7.37. The Kier molecular flexibility index (Phi) is 7.22. The number of rotatable bonds is 7. The predicted octanol–water partition coefficient (Wildman–Crippen LogP) is 5.53. The van der Waals surface area contributed by atoms with E-state index in [-0.39, 0.29) is 11.7 Å². The SMILES string of the molecule is CC(=NNC(=O)CSc1nnc(-c2ccccc2)n1-c1ccc(Cl)cc1)c1ccc(C)cc1. The third kappa shape index (κ3) is 5.69. The smallest absolute Gasteiger partial charge is 0.250 e. The molecule has 0 unspecified atom stereocenters. The molecule has 1 aromatic heterocycles. The number of hydrogen-bond acceptors (Lipinski definition) is 5. The quantitative estimate of drug-likeness (QED) is 0.217. The molecule has 0 aliphatic carbocycles. The highest BCUT2D eigenvalue weighted by molar-refractivity contribution is 7.99. The maximum atomic E-state index is 12.5. The van der Waals surface area contributed by atoms with Crippen molar-refractivity contribution in [2.75, 3.05) is 5.75 Å². The molecule has 0 fully saturated rings. The van der Waals surface area contributed by atoms with Gasteiger partial charge in [-0.3, -0.25) is 9.36 Å². The zero-order chi connectivity index (χ0) is 23.2. The van der Waals surface area contributed by atoms with Crippen LogP contribution in [0.3, 0.4) is 0 Å². The molecule has 0 aliphatic rings. The summed E-state index contributed by atoms with van der Waals surface area (Å²) < 4.78 is 1.92. The number of nitrogens with one attached hydrogen (secondary N) is 1. The fraction of sp³-hybridized carbons (Fsp3) is 0.120. The van der Waals surface area contributed by atoms with Gasteiger partial charge in [-0.1, -0.05) is 83.5 Å². The molecule has 0 radical (unpaired) electrons. The van der Waals surface area contributed by atoms with Crippen molar-refractivity contribution in [3.05, 3.63) is 95.0 Å². The molecule has 0 atom stereocenters. The van der Waals surface area contributed by atoms with Crippen molar-refractivity contribution in [2.24, 2.45) is 5.10 Å². The molecule has 0 aliphatic heterocycles. The van der Waals surface area contributed by atoms with Crippen LogP contribution >= 0.6 is 23.4 Å². The van der Waals surface area contributed by atoms with E-state index in [0.29, 0.717) is 16.0 Å². The highest BCUT2D eigenvalue weighted by Gasteiger charge is 2.17. The summed E-state index contributed by atoms with van der Waals surface area (Å²) in [7, 11) is 0. The number of carbonyl (C=O) groups excluding carboxylic acids is 1. The first kappa shape index (κ1) is 22.8. The number of aromatic nitrogens is 3. The summed E-state index contributed by atoms with van der Waals surface area (Å²) in [6, 6.07) is 25.2. The van der Waals surface area contributed by atoms with Gasteiger partial charge >= 0.3 is 0 Å². The lowest BCUT2D eigenvalue weighted by Crippen LogP contribution is -2.21. The van der Waals surface area contributed by atoms with Crippen LogP contribution in [0.2, 0.25) is 5.02 Å². The number of hydrazone groups is 1. The zero-order valence-electron chi connectivity index (χ0n) is 18.2. The van der Waals surface area contributed by atoms with Gasteiger partial charge in [0.2, 0.25) is 0 Å². The van der Waals surface area contributed by atoms with Gasteiger partial charge in [-0.15, -0.1) is 10.2 Å². The lowest BCUT2D eigenvalue weighted by molar-refractivity contribution is -0.118. The van der Waals surface area contributed by atoms with Gasteiger partial charge in [0.15, 0.2) is 11.0 Å². The number of amides is 1. The Morgan fingerprint density at radius 3 is 2.39 bits per heavy atom. The van der Waals surface area contributed by atoms with E-state index in [9.17, 15) is 4.79 Å². The van der Waals surface area contributed by atoms with Gasteiger partial charge in [0.05, 0.1) is 11.5 Å². The minimum absolute atomic E-state index is 0.144. The summed E-state index contributed by atoms with van der Waals surface area (Å²) in [5, 5.41) is 14.2. The van der Waals surface area contributed by atoms with E-state index in [4.69, 9.17) is 11.6 Å². The lowest BCUT2D eigenvalue weighted by atomic mass is 10.1. The maximum Gasteiger partial charge on any atom is 0.250 e. The first-order chi connectivity index (χ1) is 16.0. The summed E-state index contributed by atoms with van der Waals surface area (Å²) in [6.45, 7) is 3.89. The Labute approximate surface area is 201 Å². The number of hydrogen-bond donors (Lipinski definition) is 1. The fourth-order valence-corrected chi connectivity index (χ4v) is 4.00. The lowest BCUT2D eigenvalue weighted by Gasteiger charge is -2.10. The first-order valence-electron chi connectivity index (χ1n) is 10.3. The molecule has 1 heterocycles. The average molecular weight is 476 g/mol. The molecule has 0 spiro atoms. The molecule has 33 heavy (non-hydrogen) atoms. The van der Waals surface area contributed by atoms with Gasteiger partial charge < -0.3 is 0 Å². The Morgan fingerprint density at radius 1 is 1.00 bits per heavy atom. The van der Waals surface area contributed by atoms with E-state index in [1.54, 1.807) is 0 Å². The van der Waals surface area contributed by atoms with E-state index in [2.05, 4.69) is 20.7 Å². The Hall–Kier alpha value is -3.42. The minimum atomic E-state index is -0.224. The standard InChI is InChI=1S/C25H22ClN5OS/c1-17-8-10-19(11-9-17)18(2)27-28-23(32)16-33-25-30-29-24(20-6-4-3-5-7-20)31(25)22-14-12-21(26)13-15-22/h3-15H,16H2,1-2H3,(H,28,32). The Balaban J connectivity index is 1.51. The van der Waals surface area contributed by atoms with E-state index in [0.717, 1.165) is 22.5 Å². The maximum absolute atomic E-state index is 12.5. The summed E-state index contributed by atoms with van der Waals surface area (Å²) in [4.78, 5) is 12.5. The van der Waals surface area contributed by atoms with Crippen LogP contribution in [0.25, 0.3) is 17.1 Å². The van der Waals surface area contributed by atoms with Gasteiger partial charge in [0.25, 0.3) is 5.91 Å². The summed E-state index contributed by atoms with van der Waals surface area (Å²) >= 11 is 7.37. The van der Waals surface area contributed by atoms with Crippen molar-refractivity contribution < 1.29 is 4.79 Å². The van der Waals surface area contributed by atoms with Crippen molar-refractivity contribution in [1.29, 1.82) is 0 Å². The number of aryl methyl sites for hydroxylation is 1. The molecule has 4 aromatic rings. The largest absolute Gasteiger partial charge is 0.272 e. The fourth-order valence-electron chi connectivity index (χ4n) is 3.13. The van der Waals surface area contributed by atoms with Crippen LogP contribution < -0.4 is 5.43 Å². The van der Waals surface area contributed by atoms with Gasteiger partial charge in [0.1, 0.15) is 0 Å². The van der Waals surface area contributed by atoms with E-state index >= 15 is 0 Å². The normalized spacial score (nSPS) is 11.4. The number of nitrogens with zero attached hydrogens (tertiary/aromatic N) is 4. The van der Waals surface area contributed by atoms with Crippen LogP contribution in [0.1, 0.15) is 18.1 Å². The minimum Gasteiger partial charge on any atom is -0.272 e. The van der Waals surface area contributed by atoms with Crippen LogP contribution in [0.5, 0.6) is 0 Å². The molecule has 0 saturated heterocycles. The molecule has 4 rings (SSSR count). The van der Waals surface area contributed by atoms with Crippen molar-refractivity contribution in [2.45, 2.75) is 19.0 Å². The molecular formula is C25H22ClN5OS. The topological polar surface area (TPSA) is 72.2 Å². The molecule has 1 N–H and O–H groups in total. The first-order valence-corrected chi connectivity index (χ1v) is 11.7. The van der Waals surface area contributed by atoms with Crippen molar-refractivity contribution >= 4 is 35.0 Å². The van der Waals surface area contributed by atoms with E-state index < -0.39 is 0 Å². The molecular weight excluding hydrogens is 454 g/mol. The summed E-state index contributed by atoms with van der Waals surface area (Å²) in [5.74, 6) is 0.609. The molecule has 0 saturated carbocycles. The zero-order valence-corrected chi connectivity index (χ0v) is 19.8. The second kappa shape index (κ2) is 10.5. The molecule has 6 nitrogen and oxygen atoms in total. The molecule has 166 valence electrons. The number of thioether (sulfide) groups is 1. The summed E-state index contributed by atoms with van der Waals surface area (Å²) in [6.07, 6.45) is 0. The van der Waals surface area contributed by atoms with E-state index in [1.165, 1.54) is 17.3 Å².